The van der Waals surface area contributed by atoms with Crippen molar-refractivity contribution in [3.63, 3.8) is 0 Å². The number of aromatic amines is 1. The SMILES string of the molecule is Cc1ccc2[nH]c(C(=O)NCC3CC(O)C3)cc2c1. The zero-order valence-electron chi connectivity index (χ0n) is 10.9. The van der Waals surface area contributed by atoms with Crippen LogP contribution in [0.1, 0.15) is 28.9 Å². The Kier molecular flexibility index (Phi) is 3.03. The van der Waals surface area contributed by atoms with Gasteiger partial charge < -0.3 is 15.4 Å². The van der Waals surface area contributed by atoms with E-state index < -0.39 is 0 Å². The molecule has 1 aromatic heterocycles. The first-order valence-corrected chi connectivity index (χ1v) is 6.67. The molecule has 3 N–H and O–H groups in total. The fourth-order valence-corrected chi connectivity index (χ4v) is 2.57. The molecule has 0 bridgehead atoms. The van der Waals surface area contributed by atoms with Crippen molar-refractivity contribution in [3.05, 3.63) is 35.5 Å². The highest BCUT2D eigenvalue weighted by Crippen LogP contribution is 2.26. The van der Waals surface area contributed by atoms with E-state index in [0.29, 0.717) is 18.2 Å². The first-order valence-electron chi connectivity index (χ1n) is 6.67. The zero-order chi connectivity index (χ0) is 13.4. The second kappa shape index (κ2) is 4.70. The number of hydrogen-bond donors (Lipinski definition) is 3. The maximum atomic E-state index is 12.0. The van der Waals surface area contributed by atoms with Crippen molar-refractivity contribution in [3.8, 4) is 0 Å². The van der Waals surface area contributed by atoms with Crippen LogP contribution in [0, 0.1) is 12.8 Å². The summed E-state index contributed by atoms with van der Waals surface area (Å²) in [5, 5.41) is 13.2. The van der Waals surface area contributed by atoms with Crippen LogP contribution in [0.5, 0.6) is 0 Å². The van der Waals surface area contributed by atoms with Crippen LogP contribution in [0.15, 0.2) is 24.3 Å². The molecule has 1 aliphatic carbocycles. The Bertz CT molecular complexity index is 612. The number of aliphatic hydroxyl groups excluding tert-OH is 1. The van der Waals surface area contributed by atoms with Crippen molar-refractivity contribution < 1.29 is 9.90 Å². The van der Waals surface area contributed by atoms with Crippen molar-refractivity contribution in [2.45, 2.75) is 25.9 Å². The standard InChI is InChI=1S/C15H18N2O2/c1-9-2-3-13-11(4-9)7-14(17-13)15(19)16-8-10-5-12(18)6-10/h2-4,7,10,12,17-18H,5-6,8H2,1H3,(H,16,19). The van der Waals surface area contributed by atoms with Gasteiger partial charge in [-0.25, -0.2) is 0 Å². The molecule has 0 saturated heterocycles. The normalized spacial score (nSPS) is 22.2. The van der Waals surface area contributed by atoms with Gasteiger partial charge >= 0.3 is 0 Å². The Morgan fingerprint density at radius 1 is 1.42 bits per heavy atom. The quantitative estimate of drug-likeness (QED) is 0.788. The monoisotopic (exact) mass is 258 g/mol. The average molecular weight is 258 g/mol. The van der Waals surface area contributed by atoms with Crippen LogP contribution in [-0.4, -0.2) is 28.6 Å². The molecule has 3 rings (SSSR count). The largest absolute Gasteiger partial charge is 0.393 e. The van der Waals surface area contributed by atoms with Crippen molar-refractivity contribution in [2.75, 3.05) is 6.54 Å². The lowest BCUT2D eigenvalue weighted by atomic mass is 9.82. The number of H-pyrrole nitrogens is 1. The van der Waals surface area contributed by atoms with Gasteiger partial charge in [0.05, 0.1) is 6.10 Å². The van der Waals surface area contributed by atoms with E-state index >= 15 is 0 Å². The summed E-state index contributed by atoms with van der Waals surface area (Å²) < 4.78 is 0. The summed E-state index contributed by atoms with van der Waals surface area (Å²) in [5.41, 5.74) is 2.76. The smallest absolute Gasteiger partial charge is 0.267 e. The van der Waals surface area contributed by atoms with Gasteiger partial charge in [0, 0.05) is 17.4 Å². The lowest BCUT2D eigenvalue weighted by Gasteiger charge is -2.31. The second-order valence-electron chi connectivity index (χ2n) is 5.47. The van der Waals surface area contributed by atoms with Crippen LogP contribution in [0.25, 0.3) is 10.9 Å². The fraction of sp³-hybridized carbons (Fsp3) is 0.400. The van der Waals surface area contributed by atoms with Gasteiger partial charge in [-0.3, -0.25) is 4.79 Å². The fourth-order valence-electron chi connectivity index (χ4n) is 2.57. The van der Waals surface area contributed by atoms with Gasteiger partial charge in [0.1, 0.15) is 5.69 Å². The molecule has 0 aliphatic heterocycles. The molecule has 1 aromatic carbocycles. The highest BCUT2D eigenvalue weighted by molar-refractivity contribution is 5.98. The van der Waals surface area contributed by atoms with Gasteiger partial charge in [-0.15, -0.1) is 0 Å². The molecule has 100 valence electrons. The van der Waals surface area contributed by atoms with Gasteiger partial charge in [-0.2, -0.15) is 0 Å². The molecular formula is C15H18N2O2. The number of fused-ring (bicyclic) bond motifs is 1. The molecule has 0 atom stereocenters. The van der Waals surface area contributed by atoms with Crippen LogP contribution in [0.4, 0.5) is 0 Å². The van der Waals surface area contributed by atoms with E-state index in [9.17, 15) is 9.90 Å². The molecule has 1 aliphatic rings. The lowest BCUT2D eigenvalue weighted by molar-refractivity contribution is 0.0420. The number of hydrogen-bond acceptors (Lipinski definition) is 2. The molecule has 0 spiro atoms. The minimum atomic E-state index is -0.169. The molecule has 4 heteroatoms. The van der Waals surface area contributed by atoms with Gasteiger partial charge in [0.25, 0.3) is 5.91 Å². The number of aromatic nitrogens is 1. The molecule has 2 aromatic rings. The molecule has 1 saturated carbocycles. The summed E-state index contributed by atoms with van der Waals surface area (Å²) in [6.07, 6.45) is 1.43. The average Bonchev–Trinajstić information content (AvgIpc) is 2.75. The van der Waals surface area contributed by atoms with E-state index in [4.69, 9.17) is 0 Å². The van der Waals surface area contributed by atoms with Gasteiger partial charge in [0.15, 0.2) is 0 Å². The first kappa shape index (κ1) is 12.2. The van der Waals surface area contributed by atoms with Crippen molar-refractivity contribution >= 4 is 16.8 Å². The Labute approximate surface area is 111 Å². The molecule has 19 heavy (non-hydrogen) atoms. The molecular weight excluding hydrogens is 240 g/mol. The summed E-state index contributed by atoms with van der Waals surface area (Å²) in [7, 11) is 0. The second-order valence-corrected chi connectivity index (χ2v) is 5.47. The highest BCUT2D eigenvalue weighted by Gasteiger charge is 2.27. The predicted molar refractivity (Wildman–Crippen MR) is 74.1 cm³/mol. The van der Waals surface area contributed by atoms with Crippen LogP contribution in [0.2, 0.25) is 0 Å². The van der Waals surface area contributed by atoms with Crippen LogP contribution >= 0.6 is 0 Å². The van der Waals surface area contributed by atoms with Gasteiger partial charge in [-0.05, 0) is 43.9 Å². The number of carbonyl (C=O) groups is 1. The van der Waals surface area contributed by atoms with Crippen molar-refractivity contribution in [1.82, 2.24) is 10.3 Å². The molecule has 0 unspecified atom stereocenters. The maximum Gasteiger partial charge on any atom is 0.267 e. The van der Waals surface area contributed by atoms with E-state index in [1.165, 1.54) is 5.56 Å². The Morgan fingerprint density at radius 2 is 2.21 bits per heavy atom. The molecule has 1 amide bonds. The first-order chi connectivity index (χ1) is 9.11. The van der Waals surface area contributed by atoms with Crippen LogP contribution < -0.4 is 5.32 Å². The lowest BCUT2D eigenvalue weighted by Crippen LogP contribution is -2.38. The van der Waals surface area contributed by atoms with Gasteiger partial charge in [0.2, 0.25) is 0 Å². The Balaban J connectivity index is 1.67. The minimum absolute atomic E-state index is 0.0738. The summed E-state index contributed by atoms with van der Waals surface area (Å²) in [4.78, 5) is 15.2. The third kappa shape index (κ3) is 2.49. The maximum absolute atomic E-state index is 12.0. The number of benzene rings is 1. The molecule has 4 nitrogen and oxygen atoms in total. The third-order valence-corrected chi connectivity index (χ3v) is 3.78. The predicted octanol–water partition coefficient (Wildman–Crippen LogP) is 1.98. The number of carbonyl (C=O) groups excluding carboxylic acids is 1. The number of nitrogens with one attached hydrogen (secondary N) is 2. The van der Waals surface area contributed by atoms with E-state index in [1.807, 2.05) is 25.1 Å². The summed E-state index contributed by atoms with van der Waals surface area (Å²) in [5.74, 6) is 0.348. The zero-order valence-corrected chi connectivity index (χ0v) is 10.9. The summed E-state index contributed by atoms with van der Waals surface area (Å²) in [6.45, 7) is 2.68. The van der Waals surface area contributed by atoms with Crippen molar-refractivity contribution in [1.29, 1.82) is 0 Å². The number of amides is 1. The summed E-state index contributed by atoms with van der Waals surface area (Å²) in [6, 6.07) is 7.96. The molecule has 1 fully saturated rings. The van der Waals surface area contributed by atoms with E-state index in [0.717, 1.165) is 23.7 Å². The number of rotatable bonds is 3. The minimum Gasteiger partial charge on any atom is -0.393 e. The summed E-state index contributed by atoms with van der Waals surface area (Å²) >= 11 is 0. The molecule has 1 heterocycles. The van der Waals surface area contributed by atoms with Gasteiger partial charge in [-0.1, -0.05) is 11.6 Å². The van der Waals surface area contributed by atoms with E-state index in [-0.39, 0.29) is 12.0 Å². The van der Waals surface area contributed by atoms with E-state index in [1.54, 1.807) is 0 Å². The van der Waals surface area contributed by atoms with Crippen molar-refractivity contribution in [2.24, 2.45) is 5.92 Å². The van der Waals surface area contributed by atoms with E-state index in [2.05, 4.69) is 16.4 Å². The molecule has 0 radical (unpaired) electrons. The number of aryl methyl sites for hydroxylation is 1. The topological polar surface area (TPSA) is 65.1 Å². The Hall–Kier alpha value is -1.81. The number of aliphatic hydroxyl groups is 1. The van der Waals surface area contributed by atoms with Crippen LogP contribution in [-0.2, 0) is 0 Å². The van der Waals surface area contributed by atoms with Crippen LogP contribution in [0.3, 0.4) is 0 Å². The third-order valence-electron chi connectivity index (χ3n) is 3.78. The Morgan fingerprint density at radius 3 is 2.95 bits per heavy atom. The highest BCUT2D eigenvalue weighted by atomic mass is 16.3.